The van der Waals surface area contributed by atoms with Crippen LogP contribution in [0.5, 0.6) is 0 Å². The Kier molecular flexibility index (Phi) is 7.01. The quantitative estimate of drug-likeness (QED) is 0.366. The van der Waals surface area contributed by atoms with Crippen molar-refractivity contribution >= 4 is 27.3 Å². The van der Waals surface area contributed by atoms with Gasteiger partial charge in [-0.1, -0.05) is 48.0 Å². The van der Waals surface area contributed by atoms with E-state index in [1.807, 2.05) is 30.0 Å². The zero-order valence-corrected chi connectivity index (χ0v) is 19.4. The third kappa shape index (κ3) is 5.47. The summed E-state index contributed by atoms with van der Waals surface area (Å²) in [6.45, 7) is 5.14. The monoisotopic (exact) mass is 483 g/mol. The van der Waals surface area contributed by atoms with Crippen LogP contribution in [-0.2, 0) is 16.6 Å². The highest BCUT2D eigenvalue weighted by Crippen LogP contribution is 2.32. The molecule has 1 saturated heterocycles. The number of nitrogens with zero attached hydrogens (tertiary/aromatic N) is 5. The zero-order chi connectivity index (χ0) is 24.1. The molecule has 0 spiro atoms. The minimum Gasteiger partial charge on any atom is -0.348 e. The lowest BCUT2D eigenvalue weighted by molar-refractivity contribution is -0.383. The molecular formula is C22H25N7O4S. The normalized spacial score (nSPS) is 14.7. The van der Waals surface area contributed by atoms with Gasteiger partial charge in [0.2, 0.25) is 11.6 Å². The van der Waals surface area contributed by atoms with Crippen molar-refractivity contribution < 1.29 is 13.3 Å². The predicted molar refractivity (Wildman–Crippen MR) is 128 cm³/mol. The first-order valence-corrected chi connectivity index (χ1v) is 12.2. The van der Waals surface area contributed by atoms with Gasteiger partial charge in [0.1, 0.15) is 6.33 Å². The van der Waals surface area contributed by atoms with Crippen LogP contribution in [0.25, 0.3) is 0 Å². The second-order valence-electron chi connectivity index (χ2n) is 7.94. The number of aryl methyl sites for hydroxylation is 1. The number of benzene rings is 2. The Labute approximate surface area is 197 Å². The lowest BCUT2D eigenvalue weighted by atomic mass is 10.2. The van der Waals surface area contributed by atoms with E-state index in [9.17, 15) is 18.5 Å². The number of aromatic nitrogens is 2. The topological polar surface area (TPSA) is 134 Å². The first-order valence-electron chi connectivity index (χ1n) is 10.7. The van der Waals surface area contributed by atoms with Crippen molar-refractivity contribution in [1.29, 1.82) is 0 Å². The molecule has 0 radical (unpaired) electrons. The van der Waals surface area contributed by atoms with Gasteiger partial charge in [0.25, 0.3) is 10.0 Å². The second-order valence-corrected chi connectivity index (χ2v) is 9.63. The van der Waals surface area contributed by atoms with Crippen molar-refractivity contribution in [3.63, 3.8) is 0 Å². The highest BCUT2D eigenvalue weighted by Gasteiger charge is 2.30. The molecule has 4 rings (SSSR count). The molecule has 2 aromatic carbocycles. The van der Waals surface area contributed by atoms with E-state index < -0.39 is 14.9 Å². The Bertz CT molecular complexity index is 1250. The van der Waals surface area contributed by atoms with Crippen LogP contribution in [0.15, 0.2) is 65.8 Å². The van der Waals surface area contributed by atoms with Crippen molar-refractivity contribution in [3.8, 4) is 0 Å². The summed E-state index contributed by atoms with van der Waals surface area (Å²) in [5, 5.41) is 11.9. The van der Waals surface area contributed by atoms with Crippen LogP contribution in [0.3, 0.4) is 0 Å². The van der Waals surface area contributed by atoms with Crippen molar-refractivity contribution in [3.05, 3.63) is 82.2 Å². The minimum absolute atomic E-state index is 0.0251. The number of sulfonamides is 1. The van der Waals surface area contributed by atoms with Crippen LogP contribution in [0.2, 0.25) is 0 Å². The van der Waals surface area contributed by atoms with Gasteiger partial charge in [0.15, 0.2) is 0 Å². The number of piperazine rings is 1. The van der Waals surface area contributed by atoms with Crippen LogP contribution in [0.4, 0.5) is 17.3 Å². The van der Waals surface area contributed by atoms with Gasteiger partial charge in [-0.2, -0.15) is 0 Å². The lowest BCUT2D eigenvalue weighted by Gasteiger charge is -2.35. The average molecular weight is 484 g/mol. The molecule has 1 aliphatic heterocycles. The third-order valence-electron chi connectivity index (χ3n) is 5.54. The van der Waals surface area contributed by atoms with Gasteiger partial charge >= 0.3 is 5.69 Å². The average Bonchev–Trinajstić information content (AvgIpc) is 2.84. The highest BCUT2D eigenvalue weighted by atomic mass is 32.2. The fourth-order valence-electron chi connectivity index (χ4n) is 3.71. The Balaban J connectivity index is 1.47. The van der Waals surface area contributed by atoms with E-state index >= 15 is 0 Å². The number of rotatable bonds is 8. The van der Waals surface area contributed by atoms with E-state index in [0.717, 1.165) is 12.1 Å². The maximum Gasteiger partial charge on any atom is 0.354 e. The maximum absolute atomic E-state index is 12.6. The number of hydrazine groups is 1. The summed E-state index contributed by atoms with van der Waals surface area (Å²) in [6, 6.07) is 16.3. The number of hydrogen-bond donors (Lipinski definition) is 2. The largest absolute Gasteiger partial charge is 0.354 e. The van der Waals surface area contributed by atoms with Gasteiger partial charge in [0.05, 0.1) is 9.82 Å². The second kappa shape index (κ2) is 10.1. The minimum atomic E-state index is -3.96. The molecule has 1 fully saturated rings. The summed E-state index contributed by atoms with van der Waals surface area (Å²) >= 11 is 0. The van der Waals surface area contributed by atoms with E-state index in [4.69, 9.17) is 0 Å². The smallest absolute Gasteiger partial charge is 0.348 e. The molecule has 0 amide bonds. The van der Waals surface area contributed by atoms with Gasteiger partial charge in [-0.3, -0.25) is 20.4 Å². The summed E-state index contributed by atoms with van der Waals surface area (Å²) in [5.74, 6) is -0.0752. The molecule has 34 heavy (non-hydrogen) atoms. The van der Waals surface area contributed by atoms with E-state index in [1.165, 1.54) is 24.0 Å². The Morgan fingerprint density at radius 1 is 1.00 bits per heavy atom. The molecule has 12 heteroatoms. The summed E-state index contributed by atoms with van der Waals surface area (Å²) in [7, 11) is -3.96. The molecule has 0 atom stereocenters. The number of nitro groups is 1. The molecule has 178 valence electrons. The van der Waals surface area contributed by atoms with Gasteiger partial charge in [-0.15, -0.1) is 4.83 Å². The fourth-order valence-corrected chi connectivity index (χ4v) is 4.56. The maximum atomic E-state index is 12.6. The molecule has 11 nitrogen and oxygen atoms in total. The van der Waals surface area contributed by atoms with Crippen LogP contribution in [0.1, 0.15) is 11.1 Å². The van der Waals surface area contributed by atoms with E-state index in [1.54, 1.807) is 12.1 Å². The molecule has 0 unspecified atom stereocenters. The third-order valence-corrected chi connectivity index (χ3v) is 6.81. The molecule has 0 bridgehead atoms. The number of anilines is 2. The molecule has 3 aromatic rings. The van der Waals surface area contributed by atoms with E-state index in [0.29, 0.717) is 26.2 Å². The fraction of sp³-hybridized carbons (Fsp3) is 0.273. The number of hydrogen-bond acceptors (Lipinski definition) is 9. The van der Waals surface area contributed by atoms with E-state index in [-0.39, 0.29) is 22.2 Å². The summed E-state index contributed by atoms with van der Waals surface area (Å²) in [5.41, 5.74) is 4.13. The zero-order valence-electron chi connectivity index (χ0n) is 18.6. The Hall–Kier alpha value is -3.61. The molecule has 0 aliphatic carbocycles. The highest BCUT2D eigenvalue weighted by molar-refractivity contribution is 7.89. The molecular weight excluding hydrogens is 458 g/mol. The first-order chi connectivity index (χ1) is 16.3. The van der Waals surface area contributed by atoms with E-state index in [2.05, 4.69) is 37.3 Å². The molecule has 0 saturated carbocycles. The molecule has 2 N–H and O–H groups in total. The standard InChI is InChI=1S/C22H25N7O4S/c1-17-7-9-19(10-8-17)34(32,33)26-25-21-20(29(30)31)22(24-16-23-21)28-13-11-27(12-14-28)15-18-5-3-2-4-6-18/h2-10,16,26H,11-15H2,1H3,(H,23,24,25). The lowest BCUT2D eigenvalue weighted by Crippen LogP contribution is -2.46. The van der Waals surface area contributed by atoms with Crippen LogP contribution in [0, 0.1) is 17.0 Å². The summed E-state index contributed by atoms with van der Waals surface area (Å²) in [6.07, 6.45) is 1.18. The van der Waals surface area contributed by atoms with Crippen molar-refractivity contribution in [1.82, 2.24) is 19.7 Å². The van der Waals surface area contributed by atoms with Crippen molar-refractivity contribution in [2.24, 2.45) is 0 Å². The van der Waals surface area contributed by atoms with Gasteiger partial charge in [-0.25, -0.2) is 18.4 Å². The number of nitrogens with one attached hydrogen (secondary N) is 2. The van der Waals surface area contributed by atoms with Crippen LogP contribution in [-0.4, -0.2) is 54.4 Å². The van der Waals surface area contributed by atoms with Crippen LogP contribution < -0.4 is 15.2 Å². The Morgan fingerprint density at radius 2 is 1.68 bits per heavy atom. The molecule has 1 aromatic heterocycles. The van der Waals surface area contributed by atoms with Crippen molar-refractivity contribution in [2.75, 3.05) is 36.5 Å². The Morgan fingerprint density at radius 3 is 2.32 bits per heavy atom. The van der Waals surface area contributed by atoms with Gasteiger partial charge in [-0.05, 0) is 24.6 Å². The first kappa shape index (κ1) is 23.5. The summed E-state index contributed by atoms with van der Waals surface area (Å²) < 4.78 is 25.1. The summed E-state index contributed by atoms with van der Waals surface area (Å²) in [4.78, 5) is 25.6. The molecule has 1 aliphatic rings. The van der Waals surface area contributed by atoms with Crippen LogP contribution >= 0.6 is 0 Å². The van der Waals surface area contributed by atoms with Gasteiger partial charge < -0.3 is 4.90 Å². The van der Waals surface area contributed by atoms with Crippen molar-refractivity contribution in [2.45, 2.75) is 18.4 Å². The molecule has 2 heterocycles. The van der Waals surface area contributed by atoms with Gasteiger partial charge in [0, 0.05) is 32.7 Å². The SMILES string of the molecule is Cc1ccc(S(=O)(=O)NNc2ncnc(N3CCN(Cc4ccccc4)CC3)c2[N+](=O)[O-])cc1. The predicted octanol–water partition coefficient (Wildman–Crippen LogP) is 2.32.